The zero-order chi connectivity index (χ0) is 21.9. The largest absolute Gasteiger partial charge is 0.496 e. The van der Waals surface area contributed by atoms with E-state index < -0.39 is 16.6 Å². The maximum Gasteiger partial charge on any atom is 0.387 e. The molecule has 0 spiro atoms. The highest BCUT2D eigenvalue weighted by Gasteiger charge is 2.24. The van der Waals surface area contributed by atoms with E-state index in [0.717, 1.165) is 4.31 Å². The number of sulfonamides is 1. The number of hydrogen-bond acceptors (Lipinski definition) is 5. The summed E-state index contributed by atoms with van der Waals surface area (Å²) in [5.74, 6) is 0.535. The van der Waals surface area contributed by atoms with Crippen LogP contribution in [0.25, 0.3) is 10.8 Å². The highest BCUT2D eigenvalue weighted by atomic mass is 32.2. The molecule has 30 heavy (non-hydrogen) atoms. The van der Waals surface area contributed by atoms with Crippen molar-refractivity contribution in [2.24, 2.45) is 0 Å². The third-order valence-electron chi connectivity index (χ3n) is 4.60. The molecule has 0 aliphatic heterocycles. The Kier molecular flexibility index (Phi) is 6.42. The van der Waals surface area contributed by atoms with Crippen LogP contribution in [0.2, 0.25) is 0 Å². The van der Waals surface area contributed by atoms with Crippen LogP contribution in [0, 0.1) is 0 Å². The number of benzene rings is 3. The molecule has 0 bridgehead atoms. The monoisotopic (exact) mass is 437 g/mol. The second-order valence-corrected chi connectivity index (χ2v) is 8.45. The van der Waals surface area contributed by atoms with Gasteiger partial charge < -0.3 is 14.2 Å². The molecule has 0 aliphatic carbocycles. The van der Waals surface area contributed by atoms with Gasteiger partial charge in [0.15, 0.2) is 11.5 Å². The molecule has 0 heterocycles. The number of nitrogens with zero attached hydrogens (tertiary/aromatic N) is 1. The van der Waals surface area contributed by atoms with E-state index in [1.807, 2.05) is 0 Å². The minimum Gasteiger partial charge on any atom is -0.496 e. The van der Waals surface area contributed by atoms with Crippen molar-refractivity contribution in [1.29, 1.82) is 0 Å². The van der Waals surface area contributed by atoms with E-state index in [9.17, 15) is 17.2 Å². The van der Waals surface area contributed by atoms with Gasteiger partial charge in [-0.1, -0.05) is 30.3 Å². The molecular formula is C21H21F2NO5S. The number of hydrogen-bond donors (Lipinski definition) is 0. The lowest BCUT2D eigenvalue weighted by molar-refractivity contribution is -0.0512. The lowest BCUT2D eigenvalue weighted by Gasteiger charge is -2.20. The molecule has 0 amide bonds. The van der Waals surface area contributed by atoms with Gasteiger partial charge in [-0.2, -0.15) is 13.1 Å². The van der Waals surface area contributed by atoms with E-state index in [2.05, 4.69) is 4.74 Å². The SMILES string of the molecule is COc1ccc(CN(C)S(=O)(=O)c2ccc(OC)c3ccccc23)cc1OC(F)F. The summed E-state index contributed by atoms with van der Waals surface area (Å²) in [4.78, 5) is 0.124. The van der Waals surface area contributed by atoms with E-state index in [4.69, 9.17) is 9.47 Å². The maximum absolute atomic E-state index is 13.2. The molecule has 0 aliphatic rings. The smallest absolute Gasteiger partial charge is 0.387 e. The number of fused-ring (bicyclic) bond motifs is 1. The van der Waals surface area contributed by atoms with E-state index in [1.165, 1.54) is 39.5 Å². The molecule has 160 valence electrons. The Labute approximate surface area is 173 Å². The second kappa shape index (κ2) is 8.85. The van der Waals surface area contributed by atoms with Gasteiger partial charge in [-0.15, -0.1) is 0 Å². The van der Waals surface area contributed by atoms with Crippen LogP contribution in [-0.4, -0.2) is 40.6 Å². The van der Waals surface area contributed by atoms with Gasteiger partial charge in [-0.05, 0) is 29.8 Å². The summed E-state index contributed by atoms with van der Waals surface area (Å²) in [5.41, 5.74) is 0.468. The summed E-state index contributed by atoms with van der Waals surface area (Å²) in [5, 5.41) is 1.20. The average molecular weight is 437 g/mol. The molecule has 6 nitrogen and oxygen atoms in total. The zero-order valence-corrected chi connectivity index (χ0v) is 17.4. The van der Waals surface area contributed by atoms with Crippen LogP contribution in [0.3, 0.4) is 0 Å². The molecule has 3 rings (SSSR count). The lowest BCUT2D eigenvalue weighted by atomic mass is 10.1. The van der Waals surface area contributed by atoms with Gasteiger partial charge in [0.05, 0.1) is 19.1 Å². The minimum absolute atomic E-state index is 0.0493. The van der Waals surface area contributed by atoms with Gasteiger partial charge in [-0.25, -0.2) is 8.42 Å². The van der Waals surface area contributed by atoms with Crippen molar-refractivity contribution < 1.29 is 31.4 Å². The quantitative estimate of drug-likeness (QED) is 0.526. The maximum atomic E-state index is 13.2. The van der Waals surface area contributed by atoms with Crippen molar-refractivity contribution in [3.05, 3.63) is 60.2 Å². The van der Waals surface area contributed by atoms with Crippen LogP contribution in [0.4, 0.5) is 8.78 Å². The van der Waals surface area contributed by atoms with Crippen molar-refractivity contribution in [2.45, 2.75) is 18.1 Å². The molecule has 0 fully saturated rings. The molecule has 3 aromatic rings. The third-order valence-corrected chi connectivity index (χ3v) is 6.46. The summed E-state index contributed by atoms with van der Waals surface area (Å²) in [7, 11) is 0.391. The predicted molar refractivity (Wildman–Crippen MR) is 109 cm³/mol. The summed E-state index contributed by atoms with van der Waals surface area (Å²) in [6, 6.07) is 14.5. The molecule has 0 radical (unpaired) electrons. The second-order valence-electron chi connectivity index (χ2n) is 6.44. The highest BCUT2D eigenvalue weighted by molar-refractivity contribution is 7.89. The molecule has 0 unspecified atom stereocenters. The number of ether oxygens (including phenoxy) is 3. The van der Waals surface area contributed by atoms with Crippen molar-refractivity contribution in [1.82, 2.24) is 4.31 Å². The number of rotatable bonds is 8. The highest BCUT2D eigenvalue weighted by Crippen LogP contribution is 2.33. The Hall–Kier alpha value is -2.91. The van der Waals surface area contributed by atoms with Gasteiger partial charge in [0.25, 0.3) is 0 Å². The molecular weight excluding hydrogens is 416 g/mol. The van der Waals surface area contributed by atoms with Gasteiger partial charge in [-0.3, -0.25) is 0 Å². The fraction of sp³-hybridized carbons (Fsp3) is 0.238. The van der Waals surface area contributed by atoms with Crippen LogP contribution in [0.5, 0.6) is 17.2 Å². The van der Waals surface area contributed by atoms with Crippen LogP contribution in [0.1, 0.15) is 5.56 Å². The Morgan fingerprint density at radius 3 is 2.17 bits per heavy atom. The van der Waals surface area contributed by atoms with Crippen molar-refractivity contribution in [3.63, 3.8) is 0 Å². The van der Waals surface area contributed by atoms with E-state index in [-0.39, 0.29) is 22.9 Å². The summed E-state index contributed by atoms with van der Waals surface area (Å²) < 4.78 is 67.8. The molecule has 0 atom stereocenters. The van der Waals surface area contributed by atoms with Gasteiger partial charge in [0, 0.05) is 24.4 Å². The average Bonchev–Trinajstić information content (AvgIpc) is 2.72. The summed E-state index contributed by atoms with van der Waals surface area (Å²) in [6.45, 7) is -3.08. The van der Waals surface area contributed by atoms with Crippen molar-refractivity contribution in [2.75, 3.05) is 21.3 Å². The minimum atomic E-state index is -3.88. The fourth-order valence-electron chi connectivity index (χ4n) is 3.16. The molecule has 3 aromatic carbocycles. The number of alkyl halides is 2. The Bertz CT molecular complexity index is 1150. The first-order valence-corrected chi connectivity index (χ1v) is 10.4. The van der Waals surface area contributed by atoms with Crippen molar-refractivity contribution in [3.8, 4) is 17.2 Å². The molecule has 0 aromatic heterocycles. The van der Waals surface area contributed by atoms with Gasteiger partial charge in [0.2, 0.25) is 10.0 Å². The van der Waals surface area contributed by atoms with Crippen LogP contribution in [0.15, 0.2) is 59.5 Å². The first-order chi connectivity index (χ1) is 14.3. The Balaban J connectivity index is 1.96. The number of halogens is 2. The standard InChI is InChI=1S/C21H21F2NO5S/c1-24(13-14-8-9-18(28-3)19(12-14)29-21(22)23)30(25,26)20-11-10-17(27-2)15-6-4-5-7-16(15)20/h4-12,21H,13H2,1-3H3. The molecule has 0 N–H and O–H groups in total. The molecule has 0 saturated carbocycles. The van der Waals surface area contributed by atoms with Crippen LogP contribution >= 0.6 is 0 Å². The van der Waals surface area contributed by atoms with E-state index >= 15 is 0 Å². The Morgan fingerprint density at radius 1 is 0.900 bits per heavy atom. The van der Waals surface area contributed by atoms with E-state index in [1.54, 1.807) is 36.4 Å². The van der Waals surface area contributed by atoms with Crippen LogP contribution in [-0.2, 0) is 16.6 Å². The first kappa shape index (κ1) is 21.8. The fourth-order valence-corrected chi connectivity index (χ4v) is 4.51. The molecule has 9 heteroatoms. The first-order valence-electron chi connectivity index (χ1n) is 8.91. The number of methoxy groups -OCH3 is 2. The summed E-state index contributed by atoms with van der Waals surface area (Å²) in [6.07, 6.45) is 0. The lowest BCUT2D eigenvalue weighted by Crippen LogP contribution is -2.26. The normalized spacial score (nSPS) is 11.8. The molecule has 0 saturated heterocycles. The zero-order valence-electron chi connectivity index (χ0n) is 16.6. The third kappa shape index (κ3) is 4.31. The van der Waals surface area contributed by atoms with E-state index in [0.29, 0.717) is 22.1 Å². The van der Waals surface area contributed by atoms with Gasteiger partial charge in [0.1, 0.15) is 5.75 Å². The van der Waals surface area contributed by atoms with Crippen LogP contribution < -0.4 is 14.2 Å². The summed E-state index contributed by atoms with van der Waals surface area (Å²) >= 11 is 0. The predicted octanol–water partition coefficient (Wildman–Crippen LogP) is 4.28. The van der Waals surface area contributed by atoms with Gasteiger partial charge >= 0.3 is 6.61 Å². The topological polar surface area (TPSA) is 65.1 Å². The van der Waals surface area contributed by atoms with Crippen molar-refractivity contribution >= 4 is 20.8 Å². The Morgan fingerprint density at radius 2 is 1.53 bits per heavy atom.